The summed E-state index contributed by atoms with van der Waals surface area (Å²) < 4.78 is 0. The molecule has 0 spiro atoms. The first kappa shape index (κ1) is 20.7. The van der Waals surface area contributed by atoms with Gasteiger partial charge in [0.1, 0.15) is 0 Å². The van der Waals surface area contributed by atoms with Gasteiger partial charge in [-0.3, -0.25) is 14.6 Å². The van der Waals surface area contributed by atoms with Gasteiger partial charge in [0.05, 0.1) is 17.1 Å². The molecule has 2 atom stereocenters. The summed E-state index contributed by atoms with van der Waals surface area (Å²) in [5, 5.41) is 3.75. The molecule has 0 radical (unpaired) electrons. The van der Waals surface area contributed by atoms with E-state index in [1.807, 2.05) is 25.1 Å². The van der Waals surface area contributed by atoms with Crippen molar-refractivity contribution in [1.29, 1.82) is 0 Å². The highest BCUT2D eigenvalue weighted by atomic mass is 35.5. The molecule has 30 heavy (non-hydrogen) atoms. The zero-order valence-electron chi connectivity index (χ0n) is 17.1. The van der Waals surface area contributed by atoms with Crippen LogP contribution in [-0.2, 0) is 4.79 Å². The molecule has 2 heterocycles. The minimum Gasteiger partial charge on any atom is -0.325 e. The van der Waals surface area contributed by atoms with Gasteiger partial charge in [-0.25, -0.2) is 4.79 Å². The van der Waals surface area contributed by atoms with E-state index in [1.165, 1.54) is 0 Å². The summed E-state index contributed by atoms with van der Waals surface area (Å²) in [6.45, 7) is 7.48. The van der Waals surface area contributed by atoms with Crippen LogP contribution in [0.15, 0.2) is 47.3 Å². The topological polar surface area (TPSA) is 84.2 Å². The lowest BCUT2D eigenvalue weighted by atomic mass is 10.1. The zero-order chi connectivity index (χ0) is 21.3. The van der Waals surface area contributed by atoms with Gasteiger partial charge in [0.2, 0.25) is 5.91 Å². The number of carbonyl (C=O) groups excluding carboxylic acids is 1. The predicted molar refractivity (Wildman–Crippen MR) is 120 cm³/mol. The molecule has 1 fully saturated rings. The lowest BCUT2D eigenvalue weighted by Gasteiger charge is -2.40. The van der Waals surface area contributed by atoms with Crippen LogP contribution in [0.25, 0.3) is 11.0 Å². The number of hydrogen-bond acceptors (Lipinski definition) is 4. The zero-order valence-corrected chi connectivity index (χ0v) is 17.9. The Hall–Kier alpha value is -2.61. The molecule has 3 N–H and O–H groups in total. The molecule has 0 saturated carbocycles. The maximum atomic E-state index is 12.8. The summed E-state index contributed by atoms with van der Waals surface area (Å²) in [6, 6.07) is 13.3. The number of aromatic nitrogens is 2. The summed E-state index contributed by atoms with van der Waals surface area (Å²) in [4.78, 5) is 34.2. The second kappa shape index (κ2) is 8.63. The first-order valence-corrected chi connectivity index (χ1v) is 10.6. The molecule has 2 aromatic carbocycles. The maximum absolute atomic E-state index is 12.8. The Kier molecular flexibility index (Phi) is 5.94. The second-order valence-corrected chi connectivity index (χ2v) is 8.18. The van der Waals surface area contributed by atoms with Crippen molar-refractivity contribution < 1.29 is 4.79 Å². The number of benzene rings is 2. The summed E-state index contributed by atoms with van der Waals surface area (Å²) in [7, 11) is 0. The third kappa shape index (κ3) is 4.28. The fraction of sp³-hybridized carbons (Fsp3) is 0.364. The summed E-state index contributed by atoms with van der Waals surface area (Å²) in [5.41, 5.74) is 2.94. The number of carbonyl (C=O) groups is 1. The van der Waals surface area contributed by atoms with Crippen LogP contribution in [0.2, 0.25) is 5.02 Å². The molecule has 3 aromatic rings. The van der Waals surface area contributed by atoms with Crippen molar-refractivity contribution >= 4 is 34.2 Å². The molecular formula is C22H26ClN5O2. The van der Waals surface area contributed by atoms with E-state index in [0.29, 0.717) is 11.2 Å². The van der Waals surface area contributed by atoms with Gasteiger partial charge in [0.15, 0.2) is 0 Å². The number of anilines is 1. The highest BCUT2D eigenvalue weighted by Gasteiger charge is 2.28. The SMILES string of the molecule is CC(C(=O)Nc1ccc2[nH]c(=O)[nH]c2c1)N1CCN(C(C)c2ccccc2Cl)CC1. The lowest BCUT2D eigenvalue weighted by molar-refractivity contribution is -0.121. The highest BCUT2D eigenvalue weighted by Crippen LogP contribution is 2.28. The minimum absolute atomic E-state index is 0.0557. The Labute approximate surface area is 180 Å². The molecule has 7 nitrogen and oxygen atoms in total. The summed E-state index contributed by atoms with van der Waals surface area (Å²) in [5.74, 6) is -0.0557. The van der Waals surface area contributed by atoms with E-state index >= 15 is 0 Å². The summed E-state index contributed by atoms with van der Waals surface area (Å²) >= 11 is 6.36. The maximum Gasteiger partial charge on any atom is 0.323 e. The number of nitrogens with one attached hydrogen (secondary N) is 3. The van der Waals surface area contributed by atoms with E-state index < -0.39 is 0 Å². The van der Waals surface area contributed by atoms with E-state index in [9.17, 15) is 9.59 Å². The van der Waals surface area contributed by atoms with Crippen LogP contribution in [0.5, 0.6) is 0 Å². The molecule has 4 rings (SSSR count). The Balaban J connectivity index is 1.35. The van der Waals surface area contributed by atoms with Crippen molar-refractivity contribution in [3.63, 3.8) is 0 Å². The van der Waals surface area contributed by atoms with E-state index in [0.717, 1.165) is 42.3 Å². The molecule has 158 valence electrons. The first-order valence-electron chi connectivity index (χ1n) is 10.2. The number of nitrogens with zero attached hydrogens (tertiary/aromatic N) is 2. The molecule has 1 amide bonds. The molecule has 8 heteroatoms. The van der Waals surface area contributed by atoms with Crippen LogP contribution in [-0.4, -0.2) is 57.9 Å². The average molecular weight is 428 g/mol. The third-order valence-corrected chi connectivity index (χ3v) is 6.31. The van der Waals surface area contributed by atoms with E-state index in [2.05, 4.69) is 38.1 Å². The van der Waals surface area contributed by atoms with Gasteiger partial charge in [-0.15, -0.1) is 0 Å². The largest absolute Gasteiger partial charge is 0.325 e. The number of piperazine rings is 1. The molecule has 2 unspecified atom stereocenters. The highest BCUT2D eigenvalue weighted by molar-refractivity contribution is 6.31. The van der Waals surface area contributed by atoms with Gasteiger partial charge in [-0.1, -0.05) is 29.8 Å². The van der Waals surface area contributed by atoms with Crippen molar-refractivity contribution in [1.82, 2.24) is 19.8 Å². The van der Waals surface area contributed by atoms with Gasteiger partial charge in [-0.2, -0.15) is 0 Å². The number of amides is 1. The van der Waals surface area contributed by atoms with Crippen LogP contribution in [0.4, 0.5) is 5.69 Å². The number of fused-ring (bicyclic) bond motifs is 1. The van der Waals surface area contributed by atoms with Crippen molar-refractivity contribution in [3.05, 3.63) is 63.5 Å². The van der Waals surface area contributed by atoms with E-state index in [-0.39, 0.29) is 23.7 Å². The predicted octanol–water partition coefficient (Wildman–Crippen LogP) is 3.22. The Morgan fingerprint density at radius 3 is 2.40 bits per heavy atom. The van der Waals surface area contributed by atoms with Gasteiger partial charge in [0, 0.05) is 42.9 Å². The number of H-pyrrole nitrogens is 2. The van der Waals surface area contributed by atoms with Gasteiger partial charge < -0.3 is 15.3 Å². The van der Waals surface area contributed by atoms with Crippen LogP contribution in [0, 0.1) is 0 Å². The monoisotopic (exact) mass is 427 g/mol. The standard InChI is InChI=1S/C22H26ClN5O2/c1-14(17-5-3-4-6-18(17)23)27-9-11-28(12-10-27)15(2)21(29)24-16-7-8-19-20(13-16)26-22(30)25-19/h3-8,13-15H,9-12H2,1-2H3,(H,24,29)(H2,25,26,30). The normalized spacial score (nSPS) is 17.7. The van der Waals surface area contributed by atoms with Crippen LogP contribution < -0.4 is 11.0 Å². The molecule has 1 saturated heterocycles. The van der Waals surface area contributed by atoms with E-state index in [1.54, 1.807) is 18.2 Å². The van der Waals surface area contributed by atoms with Crippen molar-refractivity contribution in [3.8, 4) is 0 Å². The average Bonchev–Trinajstić information content (AvgIpc) is 3.12. The molecule has 1 aromatic heterocycles. The number of aromatic amines is 2. The van der Waals surface area contributed by atoms with Gasteiger partial charge in [-0.05, 0) is 43.7 Å². The molecular weight excluding hydrogens is 402 g/mol. The van der Waals surface area contributed by atoms with E-state index in [4.69, 9.17) is 11.6 Å². The number of rotatable bonds is 5. The Morgan fingerprint density at radius 2 is 1.67 bits per heavy atom. The number of imidazole rings is 1. The third-order valence-electron chi connectivity index (χ3n) is 5.96. The quantitative estimate of drug-likeness (QED) is 0.583. The van der Waals surface area contributed by atoms with Gasteiger partial charge in [0.25, 0.3) is 0 Å². The molecule has 0 aliphatic carbocycles. The smallest absolute Gasteiger partial charge is 0.323 e. The van der Waals surface area contributed by atoms with Crippen molar-refractivity contribution in [2.45, 2.75) is 25.9 Å². The number of hydrogen-bond donors (Lipinski definition) is 3. The molecule has 1 aliphatic heterocycles. The van der Waals surface area contributed by atoms with Crippen molar-refractivity contribution in [2.24, 2.45) is 0 Å². The minimum atomic E-state index is -0.259. The van der Waals surface area contributed by atoms with Crippen molar-refractivity contribution in [2.75, 3.05) is 31.5 Å². The Bertz CT molecular complexity index is 1100. The molecule has 1 aliphatic rings. The van der Waals surface area contributed by atoms with Crippen LogP contribution >= 0.6 is 11.6 Å². The molecule has 0 bridgehead atoms. The second-order valence-electron chi connectivity index (χ2n) is 7.77. The first-order chi connectivity index (χ1) is 14.4. The Morgan fingerprint density at radius 1 is 1.00 bits per heavy atom. The van der Waals surface area contributed by atoms with Crippen LogP contribution in [0.3, 0.4) is 0 Å². The number of halogens is 1. The van der Waals surface area contributed by atoms with Gasteiger partial charge >= 0.3 is 5.69 Å². The summed E-state index contributed by atoms with van der Waals surface area (Å²) in [6.07, 6.45) is 0. The van der Waals surface area contributed by atoms with Crippen LogP contribution in [0.1, 0.15) is 25.5 Å². The lowest BCUT2D eigenvalue weighted by Crippen LogP contribution is -2.53. The fourth-order valence-electron chi connectivity index (χ4n) is 4.05. The fourth-order valence-corrected chi connectivity index (χ4v) is 4.34.